The van der Waals surface area contributed by atoms with Crippen LogP contribution in [0.3, 0.4) is 0 Å². The van der Waals surface area contributed by atoms with E-state index in [1.165, 1.54) is 32.1 Å². The van der Waals surface area contributed by atoms with Crippen LogP contribution in [0.4, 0.5) is 11.4 Å². The van der Waals surface area contributed by atoms with E-state index in [1.54, 1.807) is 0 Å². The number of nitrogens with one attached hydrogen (secondary N) is 1. The lowest BCUT2D eigenvalue weighted by Gasteiger charge is -2.29. The fraction of sp³-hybridized carbons (Fsp3) is 0.600. The summed E-state index contributed by atoms with van der Waals surface area (Å²) in [6.07, 6.45) is 6.91. The second kappa shape index (κ2) is 5.44. The van der Waals surface area contributed by atoms with Gasteiger partial charge in [-0.2, -0.15) is 0 Å². The predicted octanol–water partition coefficient (Wildman–Crippen LogP) is 3.96. The first-order chi connectivity index (χ1) is 8.18. The average Bonchev–Trinajstić information content (AvgIpc) is 2.36. The van der Waals surface area contributed by atoms with Gasteiger partial charge in [0.1, 0.15) is 0 Å². The van der Waals surface area contributed by atoms with Gasteiger partial charge in [-0.15, -0.1) is 0 Å². The minimum atomic E-state index is 0.527. The Kier molecular flexibility index (Phi) is 3.93. The predicted molar refractivity (Wildman–Crippen MR) is 75.3 cm³/mol. The maximum absolute atomic E-state index is 6.10. The fourth-order valence-electron chi connectivity index (χ4n) is 2.80. The smallest absolute Gasteiger partial charge is 0.0579 e. The first-order valence-electron chi connectivity index (χ1n) is 6.80. The Hall–Kier alpha value is -1.18. The Bertz CT molecular complexity index is 367. The van der Waals surface area contributed by atoms with Gasteiger partial charge in [0.15, 0.2) is 0 Å². The van der Waals surface area contributed by atoms with Crippen molar-refractivity contribution in [1.82, 2.24) is 0 Å². The fourth-order valence-corrected chi connectivity index (χ4v) is 2.80. The summed E-state index contributed by atoms with van der Waals surface area (Å²) < 4.78 is 0. The molecule has 0 spiro atoms. The summed E-state index contributed by atoms with van der Waals surface area (Å²) in [5.41, 5.74) is 9.25. The highest BCUT2D eigenvalue weighted by molar-refractivity contribution is 5.69. The largest absolute Gasteiger partial charge is 0.397 e. The van der Waals surface area contributed by atoms with Crippen LogP contribution in [0, 0.1) is 12.8 Å². The maximum atomic E-state index is 6.10. The lowest BCUT2D eigenvalue weighted by atomic mass is 9.84. The number of para-hydroxylation sites is 1. The number of nitrogen functional groups attached to an aromatic ring is 1. The molecule has 1 aliphatic carbocycles. The molecule has 1 saturated carbocycles. The van der Waals surface area contributed by atoms with Gasteiger partial charge in [-0.05, 0) is 44.2 Å². The Balaban J connectivity index is 2.01. The normalized spacial score (nSPS) is 18.9. The second-order valence-corrected chi connectivity index (χ2v) is 5.37. The molecule has 0 aromatic heterocycles. The topological polar surface area (TPSA) is 38.0 Å². The summed E-state index contributed by atoms with van der Waals surface area (Å²) >= 11 is 0. The SMILES string of the molecule is Cc1cccc(NC(C)C2CCCCC2)c1N. The zero-order valence-electron chi connectivity index (χ0n) is 11.0. The number of benzene rings is 1. The number of aryl methyl sites for hydroxylation is 1. The molecule has 2 nitrogen and oxygen atoms in total. The van der Waals surface area contributed by atoms with Crippen LogP contribution in [0.2, 0.25) is 0 Å². The van der Waals surface area contributed by atoms with Gasteiger partial charge in [0.05, 0.1) is 11.4 Å². The summed E-state index contributed by atoms with van der Waals surface area (Å²) in [5, 5.41) is 3.60. The number of hydrogen-bond acceptors (Lipinski definition) is 2. The van der Waals surface area contributed by atoms with Crippen molar-refractivity contribution >= 4 is 11.4 Å². The Morgan fingerprint density at radius 3 is 2.65 bits per heavy atom. The van der Waals surface area contributed by atoms with Crippen molar-refractivity contribution in [3.05, 3.63) is 23.8 Å². The van der Waals surface area contributed by atoms with Crippen molar-refractivity contribution in [3.8, 4) is 0 Å². The molecule has 2 heteroatoms. The van der Waals surface area contributed by atoms with E-state index in [2.05, 4.69) is 37.4 Å². The summed E-state index contributed by atoms with van der Waals surface area (Å²) in [6.45, 7) is 4.35. The first-order valence-corrected chi connectivity index (χ1v) is 6.80. The summed E-state index contributed by atoms with van der Waals surface area (Å²) in [6, 6.07) is 6.74. The van der Waals surface area contributed by atoms with E-state index in [0.29, 0.717) is 6.04 Å². The van der Waals surface area contributed by atoms with Gasteiger partial charge >= 0.3 is 0 Å². The van der Waals surface area contributed by atoms with Gasteiger partial charge in [-0.25, -0.2) is 0 Å². The summed E-state index contributed by atoms with van der Waals surface area (Å²) in [4.78, 5) is 0. The second-order valence-electron chi connectivity index (χ2n) is 5.37. The molecule has 17 heavy (non-hydrogen) atoms. The van der Waals surface area contributed by atoms with E-state index in [9.17, 15) is 0 Å². The Morgan fingerprint density at radius 1 is 1.24 bits per heavy atom. The summed E-state index contributed by atoms with van der Waals surface area (Å²) in [7, 11) is 0. The van der Waals surface area contributed by atoms with Crippen LogP contribution >= 0.6 is 0 Å². The highest BCUT2D eigenvalue weighted by Crippen LogP contribution is 2.30. The van der Waals surface area contributed by atoms with Gasteiger partial charge in [-0.1, -0.05) is 31.4 Å². The van der Waals surface area contributed by atoms with Gasteiger partial charge in [0.25, 0.3) is 0 Å². The molecule has 1 fully saturated rings. The molecular weight excluding hydrogens is 208 g/mol. The summed E-state index contributed by atoms with van der Waals surface area (Å²) in [5.74, 6) is 0.809. The molecule has 2 rings (SSSR count). The van der Waals surface area contributed by atoms with Crippen LogP contribution in [-0.4, -0.2) is 6.04 Å². The molecule has 1 aromatic carbocycles. The molecule has 3 N–H and O–H groups in total. The Labute approximate surface area is 105 Å². The average molecular weight is 232 g/mol. The van der Waals surface area contributed by atoms with Crippen molar-refractivity contribution in [2.45, 2.75) is 52.0 Å². The van der Waals surface area contributed by atoms with Gasteiger partial charge < -0.3 is 11.1 Å². The molecule has 0 bridgehead atoms. The molecule has 0 radical (unpaired) electrons. The van der Waals surface area contributed by atoms with Gasteiger partial charge in [0.2, 0.25) is 0 Å². The van der Waals surface area contributed by atoms with Crippen molar-refractivity contribution in [2.24, 2.45) is 5.92 Å². The molecular formula is C15H24N2. The number of rotatable bonds is 3. The molecule has 0 amide bonds. The van der Waals surface area contributed by atoms with Crippen LogP contribution in [0.25, 0.3) is 0 Å². The van der Waals surface area contributed by atoms with Crippen LogP contribution in [0.1, 0.15) is 44.6 Å². The number of hydrogen-bond donors (Lipinski definition) is 2. The molecule has 0 saturated heterocycles. The molecule has 94 valence electrons. The Morgan fingerprint density at radius 2 is 1.94 bits per heavy atom. The van der Waals surface area contributed by atoms with E-state index in [0.717, 1.165) is 22.9 Å². The van der Waals surface area contributed by atoms with E-state index < -0.39 is 0 Å². The van der Waals surface area contributed by atoms with Crippen molar-refractivity contribution in [3.63, 3.8) is 0 Å². The van der Waals surface area contributed by atoms with Crippen LogP contribution < -0.4 is 11.1 Å². The third-order valence-electron chi connectivity index (χ3n) is 4.06. The monoisotopic (exact) mass is 232 g/mol. The van der Waals surface area contributed by atoms with Crippen LogP contribution in [-0.2, 0) is 0 Å². The molecule has 1 aliphatic rings. The molecule has 1 unspecified atom stereocenters. The zero-order chi connectivity index (χ0) is 12.3. The molecule has 1 aromatic rings. The number of nitrogens with two attached hydrogens (primary N) is 1. The third-order valence-corrected chi connectivity index (χ3v) is 4.06. The van der Waals surface area contributed by atoms with E-state index in [4.69, 9.17) is 5.73 Å². The highest BCUT2D eigenvalue weighted by Gasteiger charge is 2.20. The third kappa shape index (κ3) is 2.93. The highest BCUT2D eigenvalue weighted by atomic mass is 14.9. The lowest BCUT2D eigenvalue weighted by Crippen LogP contribution is -2.28. The molecule has 0 aliphatic heterocycles. The van der Waals surface area contributed by atoms with E-state index in [1.807, 2.05) is 0 Å². The van der Waals surface area contributed by atoms with Gasteiger partial charge in [0, 0.05) is 6.04 Å². The van der Waals surface area contributed by atoms with E-state index in [-0.39, 0.29) is 0 Å². The van der Waals surface area contributed by atoms with Crippen molar-refractivity contribution in [2.75, 3.05) is 11.1 Å². The maximum Gasteiger partial charge on any atom is 0.0579 e. The lowest BCUT2D eigenvalue weighted by molar-refractivity contribution is 0.328. The standard InChI is InChI=1S/C15H24N2/c1-11-7-6-10-14(15(11)16)17-12(2)13-8-4-3-5-9-13/h6-7,10,12-13,17H,3-5,8-9,16H2,1-2H3. The molecule has 0 heterocycles. The first kappa shape index (κ1) is 12.3. The van der Waals surface area contributed by atoms with Crippen molar-refractivity contribution in [1.29, 1.82) is 0 Å². The van der Waals surface area contributed by atoms with Gasteiger partial charge in [-0.3, -0.25) is 0 Å². The number of anilines is 2. The van der Waals surface area contributed by atoms with Crippen molar-refractivity contribution < 1.29 is 0 Å². The zero-order valence-corrected chi connectivity index (χ0v) is 11.0. The minimum absolute atomic E-state index is 0.527. The molecule has 1 atom stereocenters. The van der Waals surface area contributed by atoms with E-state index >= 15 is 0 Å². The minimum Gasteiger partial charge on any atom is -0.397 e. The quantitative estimate of drug-likeness (QED) is 0.774. The van der Waals surface area contributed by atoms with Crippen LogP contribution in [0.15, 0.2) is 18.2 Å². The van der Waals surface area contributed by atoms with Crippen LogP contribution in [0.5, 0.6) is 0 Å².